The Morgan fingerprint density at radius 1 is 1.15 bits per heavy atom. The summed E-state index contributed by atoms with van der Waals surface area (Å²) in [7, 11) is 0. The zero-order valence-electron chi connectivity index (χ0n) is 18.9. The van der Waals surface area contributed by atoms with Crippen LogP contribution in [0.5, 0.6) is 11.5 Å². The second kappa shape index (κ2) is 10.7. The molecule has 1 saturated heterocycles. The normalized spacial score (nSPS) is 17.7. The molecule has 1 fully saturated rings. The minimum Gasteiger partial charge on any atom is -0.507 e. The van der Waals surface area contributed by atoms with E-state index in [0.29, 0.717) is 35.8 Å². The lowest BCUT2D eigenvalue weighted by atomic mass is 9.95. The van der Waals surface area contributed by atoms with E-state index in [1.165, 1.54) is 11.0 Å². The SMILES string of the molecule is CCOc1cc([C@@H]2C(=C(O)c3ccc(Cl)cc3)C(=O)C(=O)N2CCCOC(C)C)ccc1O. The van der Waals surface area contributed by atoms with Gasteiger partial charge in [-0.3, -0.25) is 9.59 Å². The van der Waals surface area contributed by atoms with E-state index in [4.69, 9.17) is 21.1 Å². The number of aliphatic hydroxyl groups excluding tert-OH is 1. The molecule has 0 aromatic heterocycles. The van der Waals surface area contributed by atoms with E-state index < -0.39 is 17.7 Å². The number of amides is 1. The molecule has 2 aromatic carbocycles. The molecule has 1 aliphatic heterocycles. The smallest absolute Gasteiger partial charge is 0.295 e. The molecule has 2 aromatic rings. The van der Waals surface area contributed by atoms with Gasteiger partial charge >= 0.3 is 0 Å². The summed E-state index contributed by atoms with van der Waals surface area (Å²) in [5, 5.41) is 21.7. The Hall–Kier alpha value is -3.03. The van der Waals surface area contributed by atoms with Crippen molar-refractivity contribution in [2.45, 2.75) is 39.3 Å². The number of halogens is 1. The van der Waals surface area contributed by atoms with Crippen molar-refractivity contribution in [3.63, 3.8) is 0 Å². The molecule has 33 heavy (non-hydrogen) atoms. The van der Waals surface area contributed by atoms with Crippen LogP contribution in [0.4, 0.5) is 0 Å². The topological polar surface area (TPSA) is 96.3 Å². The van der Waals surface area contributed by atoms with Crippen molar-refractivity contribution in [2.24, 2.45) is 0 Å². The molecular formula is C25H28ClNO6. The number of aromatic hydroxyl groups is 1. The van der Waals surface area contributed by atoms with Crippen molar-refractivity contribution in [1.82, 2.24) is 4.90 Å². The maximum atomic E-state index is 13.1. The first kappa shape index (κ1) is 24.6. The molecule has 1 amide bonds. The third-order valence-corrected chi connectivity index (χ3v) is 5.50. The number of ketones is 1. The Kier molecular flexibility index (Phi) is 8.00. The van der Waals surface area contributed by atoms with E-state index in [-0.39, 0.29) is 35.5 Å². The minimum atomic E-state index is -0.848. The summed E-state index contributed by atoms with van der Waals surface area (Å²) in [6.07, 6.45) is 0.561. The van der Waals surface area contributed by atoms with E-state index in [9.17, 15) is 19.8 Å². The second-order valence-corrected chi connectivity index (χ2v) is 8.37. The van der Waals surface area contributed by atoms with Gasteiger partial charge in [0.05, 0.1) is 24.3 Å². The lowest BCUT2D eigenvalue weighted by molar-refractivity contribution is -0.140. The number of ether oxygens (including phenoxy) is 2. The van der Waals surface area contributed by atoms with Crippen molar-refractivity contribution >= 4 is 29.1 Å². The molecule has 0 aliphatic carbocycles. The van der Waals surface area contributed by atoms with Gasteiger partial charge in [-0.05, 0) is 69.2 Å². The number of likely N-dealkylation sites (tertiary alicyclic amines) is 1. The standard InChI is InChI=1S/C25H28ClNO6/c1-4-32-20-14-17(8-11-19(20)28)22-21(23(29)16-6-9-18(26)10-7-16)24(30)25(31)27(22)12-5-13-33-15(2)3/h6-11,14-15,22,28-29H,4-5,12-13H2,1-3H3/t22-/m1/s1. The average Bonchev–Trinajstić information content (AvgIpc) is 3.03. The quantitative estimate of drug-likeness (QED) is 0.237. The fourth-order valence-corrected chi connectivity index (χ4v) is 3.87. The monoisotopic (exact) mass is 473 g/mol. The van der Waals surface area contributed by atoms with Crippen LogP contribution in [0.15, 0.2) is 48.0 Å². The van der Waals surface area contributed by atoms with Gasteiger partial charge in [0.15, 0.2) is 11.5 Å². The highest BCUT2D eigenvalue weighted by atomic mass is 35.5. The van der Waals surface area contributed by atoms with E-state index in [1.54, 1.807) is 43.3 Å². The summed E-state index contributed by atoms with van der Waals surface area (Å²) >= 11 is 5.95. The van der Waals surface area contributed by atoms with Gasteiger partial charge in [0.25, 0.3) is 11.7 Å². The molecule has 1 atom stereocenters. The van der Waals surface area contributed by atoms with Gasteiger partial charge in [-0.25, -0.2) is 0 Å². The highest BCUT2D eigenvalue weighted by Gasteiger charge is 2.46. The number of hydrogen-bond donors (Lipinski definition) is 2. The van der Waals surface area contributed by atoms with Crippen molar-refractivity contribution in [3.8, 4) is 11.5 Å². The number of phenolic OH excluding ortho intramolecular Hbond substituents is 1. The van der Waals surface area contributed by atoms with Gasteiger partial charge in [-0.1, -0.05) is 17.7 Å². The van der Waals surface area contributed by atoms with E-state index >= 15 is 0 Å². The average molecular weight is 474 g/mol. The first-order valence-electron chi connectivity index (χ1n) is 10.9. The summed E-state index contributed by atoms with van der Waals surface area (Å²) in [5.74, 6) is -1.59. The van der Waals surface area contributed by atoms with Crippen LogP contribution in [0, 0.1) is 0 Å². The van der Waals surface area contributed by atoms with Crippen molar-refractivity contribution in [1.29, 1.82) is 0 Å². The van der Waals surface area contributed by atoms with Crippen LogP contribution in [-0.4, -0.2) is 52.7 Å². The Bertz CT molecular complexity index is 1050. The van der Waals surface area contributed by atoms with Gasteiger partial charge in [-0.2, -0.15) is 0 Å². The molecule has 1 heterocycles. The lowest BCUT2D eigenvalue weighted by Gasteiger charge is -2.26. The zero-order chi connectivity index (χ0) is 24.1. The number of hydrogen-bond acceptors (Lipinski definition) is 6. The summed E-state index contributed by atoms with van der Waals surface area (Å²) in [6, 6.07) is 10.2. The Morgan fingerprint density at radius 2 is 1.85 bits per heavy atom. The highest BCUT2D eigenvalue weighted by molar-refractivity contribution is 6.46. The first-order valence-corrected chi connectivity index (χ1v) is 11.2. The van der Waals surface area contributed by atoms with Crippen LogP contribution in [0.3, 0.4) is 0 Å². The van der Waals surface area contributed by atoms with Gasteiger partial charge < -0.3 is 24.6 Å². The van der Waals surface area contributed by atoms with Crippen LogP contribution >= 0.6 is 11.6 Å². The van der Waals surface area contributed by atoms with Crippen LogP contribution in [0.25, 0.3) is 5.76 Å². The molecule has 0 saturated carbocycles. The van der Waals surface area contributed by atoms with E-state index in [1.807, 2.05) is 13.8 Å². The first-order chi connectivity index (χ1) is 15.7. The summed E-state index contributed by atoms with van der Waals surface area (Å²) in [6.45, 7) is 6.63. The number of carbonyl (C=O) groups is 2. The minimum absolute atomic E-state index is 0.0276. The molecule has 8 heteroatoms. The van der Waals surface area contributed by atoms with Gasteiger partial charge in [0.2, 0.25) is 0 Å². The van der Waals surface area contributed by atoms with Gasteiger partial charge in [0.1, 0.15) is 5.76 Å². The fourth-order valence-electron chi connectivity index (χ4n) is 3.75. The largest absolute Gasteiger partial charge is 0.507 e. The number of aliphatic hydroxyl groups is 1. The fraction of sp³-hybridized carbons (Fsp3) is 0.360. The van der Waals surface area contributed by atoms with Crippen LogP contribution in [0.2, 0.25) is 5.02 Å². The Balaban J connectivity index is 2.07. The van der Waals surface area contributed by atoms with Crippen molar-refractivity contribution < 1.29 is 29.3 Å². The van der Waals surface area contributed by atoms with Crippen LogP contribution in [-0.2, 0) is 14.3 Å². The number of nitrogens with zero attached hydrogens (tertiary/aromatic N) is 1. The number of phenols is 1. The Labute approximate surface area is 198 Å². The van der Waals surface area contributed by atoms with Crippen LogP contribution in [0.1, 0.15) is 44.4 Å². The molecular weight excluding hydrogens is 446 g/mol. The predicted octanol–water partition coefficient (Wildman–Crippen LogP) is 4.68. The molecule has 1 aliphatic rings. The molecule has 0 radical (unpaired) electrons. The summed E-state index contributed by atoms with van der Waals surface area (Å²) in [4.78, 5) is 27.5. The maximum absolute atomic E-state index is 13.1. The number of carbonyl (C=O) groups excluding carboxylic acids is 2. The molecule has 0 bridgehead atoms. The molecule has 3 rings (SSSR count). The molecule has 0 unspecified atom stereocenters. The van der Waals surface area contributed by atoms with E-state index in [2.05, 4.69) is 0 Å². The third-order valence-electron chi connectivity index (χ3n) is 5.25. The lowest BCUT2D eigenvalue weighted by Crippen LogP contribution is -2.31. The maximum Gasteiger partial charge on any atom is 0.295 e. The van der Waals surface area contributed by atoms with Gasteiger partial charge in [-0.15, -0.1) is 0 Å². The van der Waals surface area contributed by atoms with Gasteiger partial charge in [0, 0.05) is 23.7 Å². The molecule has 0 spiro atoms. The zero-order valence-corrected chi connectivity index (χ0v) is 19.6. The second-order valence-electron chi connectivity index (χ2n) is 7.93. The van der Waals surface area contributed by atoms with Crippen molar-refractivity contribution in [3.05, 3.63) is 64.2 Å². The van der Waals surface area contributed by atoms with Crippen LogP contribution < -0.4 is 4.74 Å². The number of Topliss-reactive ketones (excluding diaryl/α,β-unsaturated/α-hetero) is 1. The Morgan fingerprint density at radius 3 is 2.48 bits per heavy atom. The molecule has 7 nitrogen and oxygen atoms in total. The van der Waals surface area contributed by atoms with E-state index in [0.717, 1.165) is 0 Å². The number of benzene rings is 2. The number of rotatable bonds is 9. The third kappa shape index (κ3) is 5.49. The predicted molar refractivity (Wildman–Crippen MR) is 125 cm³/mol. The molecule has 176 valence electrons. The summed E-state index contributed by atoms with van der Waals surface area (Å²) in [5.41, 5.74) is 0.880. The molecule has 2 N–H and O–H groups in total. The summed E-state index contributed by atoms with van der Waals surface area (Å²) < 4.78 is 11.1. The van der Waals surface area contributed by atoms with Crippen molar-refractivity contribution in [2.75, 3.05) is 19.8 Å². The highest BCUT2D eigenvalue weighted by Crippen LogP contribution is 2.42.